The molecular formula is C11H17NO2. The van der Waals surface area contributed by atoms with Gasteiger partial charge in [0.05, 0.1) is 13.7 Å². The summed E-state index contributed by atoms with van der Waals surface area (Å²) in [6.45, 7) is 1.86. The van der Waals surface area contributed by atoms with Gasteiger partial charge in [0, 0.05) is 14.3 Å². The Balaban J connectivity index is 2.40. The largest absolute Gasteiger partial charge is 0.468 e. The van der Waals surface area contributed by atoms with Crippen LogP contribution in [0.3, 0.4) is 0 Å². The number of likely N-dealkylation sites (tertiary alicyclic amines) is 1. The topological polar surface area (TPSA) is 29.5 Å². The van der Waals surface area contributed by atoms with Gasteiger partial charge >= 0.3 is 5.97 Å². The Morgan fingerprint density at radius 3 is 3.29 bits per heavy atom. The summed E-state index contributed by atoms with van der Waals surface area (Å²) < 4.78 is 11.7. The van der Waals surface area contributed by atoms with Crippen molar-refractivity contribution < 1.29 is 10.9 Å². The average molecular weight is 196 g/mol. The monoisotopic (exact) mass is 196 g/mol. The highest BCUT2D eigenvalue weighted by molar-refractivity contribution is 5.76. The Morgan fingerprint density at radius 2 is 2.57 bits per heavy atom. The molecule has 0 saturated carbocycles. The average Bonchev–Trinajstić information content (AvgIpc) is 2.71. The van der Waals surface area contributed by atoms with E-state index >= 15 is 0 Å². The second-order valence-electron chi connectivity index (χ2n) is 3.26. The first-order valence-corrected chi connectivity index (χ1v) is 4.86. The molecule has 0 radical (unpaired) electrons. The molecule has 0 bridgehead atoms. The number of hydrogen-bond donors (Lipinski definition) is 0. The molecule has 0 aromatic rings. The third-order valence-electron chi connectivity index (χ3n) is 2.37. The molecule has 3 heteroatoms. The first-order valence-electron chi connectivity index (χ1n) is 5.57. The van der Waals surface area contributed by atoms with E-state index in [1.807, 2.05) is 4.90 Å². The van der Waals surface area contributed by atoms with Crippen LogP contribution in [0.2, 0.25) is 0 Å². The van der Waals surface area contributed by atoms with Crippen molar-refractivity contribution in [2.75, 3.05) is 20.2 Å². The van der Waals surface area contributed by atoms with Crippen molar-refractivity contribution in [2.45, 2.75) is 32.2 Å². The Labute approximate surface area is 86.8 Å². The molecule has 1 fully saturated rings. The Bertz CT molecular complexity index is 269. The first-order chi connectivity index (χ1) is 7.29. The minimum absolute atomic E-state index is 0.111. The zero-order chi connectivity index (χ0) is 11.1. The van der Waals surface area contributed by atoms with Gasteiger partial charge in [-0.3, -0.25) is 9.69 Å². The van der Waals surface area contributed by atoms with Crippen LogP contribution in [0.5, 0.6) is 0 Å². The zero-order valence-electron chi connectivity index (χ0n) is 9.58. The highest BCUT2D eigenvalue weighted by Crippen LogP contribution is 2.17. The molecular weight excluding hydrogens is 178 g/mol. The number of hydrogen-bond acceptors (Lipinski definition) is 3. The molecule has 0 aromatic heterocycles. The van der Waals surface area contributed by atoms with Crippen LogP contribution in [-0.2, 0) is 9.53 Å². The van der Waals surface area contributed by atoms with Crippen molar-refractivity contribution >= 4 is 5.97 Å². The normalized spacial score (nSPS) is 22.4. The Morgan fingerprint density at radius 1 is 1.71 bits per heavy atom. The van der Waals surface area contributed by atoms with Gasteiger partial charge < -0.3 is 4.74 Å². The van der Waals surface area contributed by atoms with Crippen molar-refractivity contribution in [3.8, 4) is 11.8 Å². The lowest BCUT2D eigenvalue weighted by molar-refractivity contribution is -0.145. The quantitative estimate of drug-likeness (QED) is 0.488. The molecule has 0 amide bonds. The molecule has 14 heavy (non-hydrogen) atoms. The van der Waals surface area contributed by atoms with Gasteiger partial charge in [-0.2, -0.15) is 0 Å². The van der Waals surface area contributed by atoms with Gasteiger partial charge in [0.25, 0.3) is 0 Å². The molecule has 1 atom stereocenters. The van der Waals surface area contributed by atoms with Crippen molar-refractivity contribution in [3.05, 3.63) is 0 Å². The van der Waals surface area contributed by atoms with E-state index in [0.29, 0.717) is 19.9 Å². The molecule has 0 N–H and O–H groups in total. The van der Waals surface area contributed by atoms with E-state index in [1.165, 1.54) is 7.11 Å². The molecule has 78 valence electrons. The molecule has 0 unspecified atom stereocenters. The van der Waals surface area contributed by atoms with Gasteiger partial charge in [-0.25, -0.2) is 0 Å². The van der Waals surface area contributed by atoms with Crippen molar-refractivity contribution in [3.63, 3.8) is 0 Å². The SMILES string of the molecule is [2H]CCC#CCN1CCC[C@H]1C(=O)OC. The minimum Gasteiger partial charge on any atom is -0.468 e. The van der Waals surface area contributed by atoms with E-state index in [-0.39, 0.29) is 12.0 Å². The lowest BCUT2D eigenvalue weighted by Crippen LogP contribution is -2.37. The number of ether oxygens (including phenoxy) is 1. The van der Waals surface area contributed by atoms with Crippen LogP contribution in [0.25, 0.3) is 0 Å². The van der Waals surface area contributed by atoms with Gasteiger partial charge in [-0.1, -0.05) is 12.8 Å². The van der Waals surface area contributed by atoms with Crippen molar-refractivity contribution in [2.24, 2.45) is 0 Å². The van der Waals surface area contributed by atoms with Crippen molar-refractivity contribution in [1.82, 2.24) is 4.90 Å². The molecule has 1 rings (SSSR count). The predicted octanol–water partition coefficient (Wildman–Crippen LogP) is 1.04. The smallest absolute Gasteiger partial charge is 0.323 e. The Hall–Kier alpha value is -1.01. The van der Waals surface area contributed by atoms with E-state index in [9.17, 15) is 4.79 Å². The van der Waals surface area contributed by atoms with E-state index in [2.05, 4.69) is 11.8 Å². The van der Waals surface area contributed by atoms with E-state index < -0.39 is 0 Å². The molecule has 3 nitrogen and oxygen atoms in total. The number of methoxy groups -OCH3 is 1. The summed E-state index contributed by atoms with van der Waals surface area (Å²) in [5.74, 6) is 5.74. The molecule has 1 aliphatic heterocycles. The van der Waals surface area contributed by atoms with Crippen LogP contribution in [0.4, 0.5) is 0 Å². The molecule has 1 saturated heterocycles. The highest BCUT2D eigenvalue weighted by atomic mass is 16.5. The van der Waals surface area contributed by atoms with Gasteiger partial charge in [0.1, 0.15) is 6.04 Å². The van der Waals surface area contributed by atoms with Gasteiger partial charge in [-0.05, 0) is 12.8 Å². The van der Waals surface area contributed by atoms with E-state index in [4.69, 9.17) is 6.11 Å². The fourth-order valence-electron chi connectivity index (χ4n) is 1.66. The lowest BCUT2D eigenvalue weighted by Gasteiger charge is -2.19. The number of carbonyl (C=O) groups is 1. The number of rotatable bonds is 2. The van der Waals surface area contributed by atoms with Crippen LogP contribution in [0.1, 0.15) is 27.5 Å². The standard InChI is InChI=1S/C11H17NO2/c1-3-4-5-8-12-9-6-7-10(12)11(13)14-2/h10H,3,6-9H2,1-2H3/t10-/m0/s1/i1D. The highest BCUT2D eigenvalue weighted by Gasteiger charge is 2.30. The maximum absolute atomic E-state index is 11.4. The van der Waals surface area contributed by atoms with Gasteiger partial charge in [-0.15, -0.1) is 5.92 Å². The zero-order valence-corrected chi connectivity index (χ0v) is 8.58. The molecule has 0 aliphatic carbocycles. The van der Waals surface area contributed by atoms with Crippen molar-refractivity contribution in [1.29, 1.82) is 0 Å². The summed E-state index contributed by atoms with van der Waals surface area (Å²) in [7, 11) is 1.42. The van der Waals surface area contributed by atoms with Gasteiger partial charge in [0.2, 0.25) is 0 Å². The molecule has 1 aliphatic rings. The number of nitrogens with zero attached hydrogens (tertiary/aromatic N) is 1. The van der Waals surface area contributed by atoms with Crippen LogP contribution in [0.15, 0.2) is 0 Å². The summed E-state index contributed by atoms with van der Waals surface area (Å²) in [5, 5.41) is 0. The minimum atomic E-state index is -0.158. The third kappa shape index (κ3) is 2.74. The van der Waals surface area contributed by atoms with Crippen LogP contribution >= 0.6 is 0 Å². The maximum atomic E-state index is 11.4. The Kier molecular flexibility index (Phi) is 3.86. The van der Waals surface area contributed by atoms with E-state index in [0.717, 1.165) is 19.4 Å². The first kappa shape index (κ1) is 9.54. The molecule has 0 aromatic carbocycles. The molecule has 1 heterocycles. The van der Waals surface area contributed by atoms with E-state index in [1.54, 1.807) is 0 Å². The van der Waals surface area contributed by atoms with Crippen LogP contribution in [0, 0.1) is 11.8 Å². The molecule has 0 spiro atoms. The lowest BCUT2D eigenvalue weighted by atomic mass is 10.2. The predicted molar refractivity (Wildman–Crippen MR) is 54.7 cm³/mol. The van der Waals surface area contributed by atoms with Crippen LogP contribution in [-0.4, -0.2) is 37.1 Å². The maximum Gasteiger partial charge on any atom is 0.323 e. The summed E-state index contributed by atoms with van der Waals surface area (Å²) in [6.07, 6.45) is 2.50. The fraction of sp³-hybridized carbons (Fsp3) is 0.727. The summed E-state index contributed by atoms with van der Waals surface area (Å²) in [5.41, 5.74) is 0. The fourth-order valence-corrected chi connectivity index (χ4v) is 1.66. The number of esters is 1. The van der Waals surface area contributed by atoms with Crippen LogP contribution < -0.4 is 0 Å². The summed E-state index contributed by atoms with van der Waals surface area (Å²) in [6, 6.07) is -0.111. The third-order valence-corrected chi connectivity index (χ3v) is 2.37. The number of carbonyl (C=O) groups excluding carboxylic acids is 1. The summed E-state index contributed by atoms with van der Waals surface area (Å²) in [4.78, 5) is 13.4. The van der Waals surface area contributed by atoms with Gasteiger partial charge in [0.15, 0.2) is 0 Å². The second kappa shape index (κ2) is 5.66. The summed E-state index contributed by atoms with van der Waals surface area (Å²) >= 11 is 0. The second-order valence-corrected chi connectivity index (χ2v) is 3.26.